The van der Waals surface area contributed by atoms with Crippen LogP contribution >= 0.6 is 0 Å². The lowest BCUT2D eigenvalue weighted by Gasteiger charge is -2.10. The molecular formula is C11H14FN3O. The molecule has 0 radical (unpaired) electrons. The normalized spacial score (nSPS) is 24.4. The molecule has 1 amide bonds. The number of pyridine rings is 1. The molecule has 16 heavy (non-hydrogen) atoms. The van der Waals surface area contributed by atoms with E-state index in [0.717, 1.165) is 5.56 Å². The molecule has 2 atom stereocenters. The lowest BCUT2D eigenvalue weighted by molar-refractivity contribution is -0.117. The predicted molar refractivity (Wildman–Crippen MR) is 58.9 cm³/mol. The topological polar surface area (TPSA) is 54.0 Å². The van der Waals surface area contributed by atoms with E-state index in [9.17, 15) is 9.18 Å². The van der Waals surface area contributed by atoms with Crippen LogP contribution in [0.5, 0.6) is 0 Å². The van der Waals surface area contributed by atoms with Crippen molar-refractivity contribution in [2.24, 2.45) is 0 Å². The molecule has 0 unspecified atom stereocenters. The number of carbonyl (C=O) groups excluding carboxylic acids is 1. The predicted octanol–water partition coefficient (Wildman–Crippen LogP) is 1.03. The maximum atomic E-state index is 12.9. The highest BCUT2D eigenvalue weighted by Crippen LogP contribution is 2.13. The van der Waals surface area contributed by atoms with E-state index in [-0.39, 0.29) is 18.9 Å². The Labute approximate surface area is 93.3 Å². The number of aryl methyl sites for hydroxylation is 1. The summed E-state index contributed by atoms with van der Waals surface area (Å²) in [6.07, 6.45) is 2.60. The Kier molecular flexibility index (Phi) is 3.14. The van der Waals surface area contributed by atoms with Crippen molar-refractivity contribution in [3.05, 3.63) is 24.0 Å². The number of anilines is 1. The van der Waals surface area contributed by atoms with Crippen LogP contribution in [0.2, 0.25) is 0 Å². The van der Waals surface area contributed by atoms with Crippen molar-refractivity contribution in [3.8, 4) is 0 Å². The van der Waals surface area contributed by atoms with Crippen molar-refractivity contribution >= 4 is 11.6 Å². The third kappa shape index (κ3) is 2.55. The van der Waals surface area contributed by atoms with E-state index in [2.05, 4.69) is 15.6 Å². The summed E-state index contributed by atoms with van der Waals surface area (Å²) in [4.78, 5) is 15.7. The molecule has 2 N–H and O–H groups in total. The van der Waals surface area contributed by atoms with Gasteiger partial charge < -0.3 is 10.6 Å². The van der Waals surface area contributed by atoms with Crippen molar-refractivity contribution in [1.29, 1.82) is 0 Å². The van der Waals surface area contributed by atoms with Gasteiger partial charge >= 0.3 is 0 Å². The molecular weight excluding hydrogens is 209 g/mol. The molecule has 0 aliphatic carbocycles. The molecule has 5 heteroatoms. The highest BCUT2D eigenvalue weighted by atomic mass is 19.1. The van der Waals surface area contributed by atoms with Crippen molar-refractivity contribution in [2.75, 3.05) is 11.9 Å². The number of carbonyl (C=O) groups is 1. The summed E-state index contributed by atoms with van der Waals surface area (Å²) in [5, 5.41) is 5.55. The summed E-state index contributed by atoms with van der Waals surface area (Å²) < 4.78 is 12.9. The minimum absolute atomic E-state index is 0.201. The van der Waals surface area contributed by atoms with Crippen LogP contribution in [0.25, 0.3) is 0 Å². The first-order valence-electron chi connectivity index (χ1n) is 5.25. The second-order valence-corrected chi connectivity index (χ2v) is 4.03. The Hall–Kier alpha value is -1.49. The molecule has 1 aromatic rings. The quantitative estimate of drug-likeness (QED) is 0.787. The molecule has 86 valence electrons. The molecule has 2 rings (SSSR count). The Balaban J connectivity index is 1.97. The molecule has 1 fully saturated rings. The molecule has 4 nitrogen and oxygen atoms in total. The number of amides is 1. The standard InChI is InChI=1S/C11H14FN3O/c1-7-2-9(6-13-4-7)15-11(16)10-3-8(12)5-14-10/h2,4,6,8,10,14H,3,5H2,1H3,(H,15,16)/t8-,10+/m0/s1. The minimum Gasteiger partial charge on any atom is -0.323 e. The van der Waals surface area contributed by atoms with Crippen molar-refractivity contribution in [1.82, 2.24) is 10.3 Å². The Morgan fingerprint density at radius 3 is 3.06 bits per heavy atom. The van der Waals surface area contributed by atoms with E-state index in [4.69, 9.17) is 0 Å². The van der Waals surface area contributed by atoms with E-state index in [1.165, 1.54) is 0 Å². The van der Waals surface area contributed by atoms with Gasteiger partial charge in [0.2, 0.25) is 5.91 Å². The number of nitrogens with one attached hydrogen (secondary N) is 2. The van der Waals surface area contributed by atoms with Crippen LogP contribution in [0.15, 0.2) is 18.5 Å². The SMILES string of the molecule is Cc1cncc(NC(=O)[C@H]2C[C@H](F)CN2)c1. The fourth-order valence-corrected chi connectivity index (χ4v) is 1.74. The number of alkyl halides is 1. The first-order chi connectivity index (χ1) is 7.65. The zero-order chi connectivity index (χ0) is 11.5. The molecule has 1 aromatic heterocycles. The van der Waals surface area contributed by atoms with Crippen LogP contribution in [-0.2, 0) is 4.79 Å². The van der Waals surface area contributed by atoms with Gasteiger partial charge in [-0.15, -0.1) is 0 Å². The first kappa shape index (κ1) is 11.0. The van der Waals surface area contributed by atoms with Gasteiger partial charge in [-0.1, -0.05) is 0 Å². The maximum Gasteiger partial charge on any atom is 0.241 e. The third-order valence-corrected chi connectivity index (χ3v) is 2.54. The summed E-state index contributed by atoms with van der Waals surface area (Å²) in [5.41, 5.74) is 1.62. The van der Waals surface area contributed by atoms with Crippen LogP contribution < -0.4 is 10.6 Å². The largest absolute Gasteiger partial charge is 0.323 e. The van der Waals surface area contributed by atoms with Gasteiger partial charge in [0.05, 0.1) is 17.9 Å². The maximum absolute atomic E-state index is 12.9. The van der Waals surface area contributed by atoms with E-state index in [1.807, 2.05) is 13.0 Å². The van der Waals surface area contributed by atoms with Crippen LogP contribution in [0.3, 0.4) is 0 Å². The summed E-state index contributed by atoms with van der Waals surface area (Å²) in [5.74, 6) is -0.201. The molecule has 0 saturated carbocycles. The van der Waals surface area contributed by atoms with Crippen LogP contribution in [0.4, 0.5) is 10.1 Å². The highest BCUT2D eigenvalue weighted by Gasteiger charge is 2.29. The van der Waals surface area contributed by atoms with Gasteiger partial charge in [0.1, 0.15) is 6.17 Å². The lowest BCUT2D eigenvalue weighted by Crippen LogP contribution is -2.35. The number of hydrogen-bond acceptors (Lipinski definition) is 3. The van der Waals surface area contributed by atoms with Crippen LogP contribution in [0, 0.1) is 6.92 Å². The van der Waals surface area contributed by atoms with Gasteiger partial charge in [0, 0.05) is 19.2 Å². The number of nitrogens with zero attached hydrogens (tertiary/aromatic N) is 1. The van der Waals surface area contributed by atoms with Crippen molar-refractivity contribution in [2.45, 2.75) is 25.6 Å². The van der Waals surface area contributed by atoms with E-state index < -0.39 is 12.2 Å². The number of aromatic nitrogens is 1. The smallest absolute Gasteiger partial charge is 0.241 e. The second kappa shape index (κ2) is 4.57. The highest BCUT2D eigenvalue weighted by molar-refractivity contribution is 5.95. The van der Waals surface area contributed by atoms with Gasteiger partial charge in [0.25, 0.3) is 0 Å². The minimum atomic E-state index is -0.925. The number of halogens is 1. The Morgan fingerprint density at radius 1 is 1.62 bits per heavy atom. The van der Waals surface area contributed by atoms with Gasteiger partial charge in [-0.05, 0) is 18.6 Å². The molecule has 0 aromatic carbocycles. The number of rotatable bonds is 2. The summed E-state index contributed by atoms with van der Waals surface area (Å²) >= 11 is 0. The zero-order valence-corrected chi connectivity index (χ0v) is 9.03. The zero-order valence-electron chi connectivity index (χ0n) is 9.03. The third-order valence-electron chi connectivity index (χ3n) is 2.54. The van der Waals surface area contributed by atoms with Gasteiger partial charge in [-0.2, -0.15) is 0 Å². The summed E-state index contributed by atoms with van der Waals surface area (Å²) in [6, 6.07) is 1.39. The van der Waals surface area contributed by atoms with Crippen molar-refractivity contribution in [3.63, 3.8) is 0 Å². The van der Waals surface area contributed by atoms with Gasteiger partial charge in [-0.3, -0.25) is 9.78 Å². The number of hydrogen-bond donors (Lipinski definition) is 2. The van der Waals surface area contributed by atoms with E-state index in [1.54, 1.807) is 12.4 Å². The van der Waals surface area contributed by atoms with E-state index >= 15 is 0 Å². The summed E-state index contributed by atoms with van der Waals surface area (Å²) in [6.45, 7) is 2.15. The van der Waals surface area contributed by atoms with Crippen molar-refractivity contribution < 1.29 is 9.18 Å². The lowest BCUT2D eigenvalue weighted by atomic mass is 10.2. The summed E-state index contributed by atoms with van der Waals surface area (Å²) in [7, 11) is 0. The molecule has 2 heterocycles. The molecule has 1 aliphatic rings. The fourth-order valence-electron chi connectivity index (χ4n) is 1.74. The van der Waals surface area contributed by atoms with Gasteiger partial charge in [0.15, 0.2) is 0 Å². The molecule has 0 bridgehead atoms. The van der Waals surface area contributed by atoms with Crippen LogP contribution in [-0.4, -0.2) is 29.6 Å². The monoisotopic (exact) mass is 223 g/mol. The molecule has 1 saturated heterocycles. The van der Waals surface area contributed by atoms with Gasteiger partial charge in [-0.25, -0.2) is 4.39 Å². The molecule has 1 aliphatic heterocycles. The average molecular weight is 223 g/mol. The Morgan fingerprint density at radius 2 is 2.44 bits per heavy atom. The molecule has 0 spiro atoms. The first-order valence-corrected chi connectivity index (χ1v) is 5.25. The Bertz CT molecular complexity index is 397. The van der Waals surface area contributed by atoms with E-state index in [0.29, 0.717) is 5.69 Å². The average Bonchev–Trinajstić information content (AvgIpc) is 2.65. The fraction of sp³-hybridized carbons (Fsp3) is 0.455. The van der Waals surface area contributed by atoms with Crippen LogP contribution in [0.1, 0.15) is 12.0 Å². The second-order valence-electron chi connectivity index (χ2n) is 4.03.